The second kappa shape index (κ2) is 6.59. The average molecular weight is 269 g/mol. The zero-order chi connectivity index (χ0) is 14.5. The lowest BCUT2D eigenvalue weighted by atomic mass is 10.2. The van der Waals surface area contributed by atoms with Crippen LogP contribution in [0.15, 0.2) is 11.6 Å². The Kier molecular flexibility index (Phi) is 5.39. The molecule has 5 heteroatoms. The van der Waals surface area contributed by atoms with Gasteiger partial charge in [0.25, 0.3) is 0 Å². The minimum atomic E-state index is -0.476. The highest BCUT2D eigenvalue weighted by molar-refractivity contribution is 5.68. The SMILES string of the molecule is CC(=O)OC/C=C1\CCC(NC(=O)OC(C)(C)C)C1. The summed E-state index contributed by atoms with van der Waals surface area (Å²) in [6.07, 6.45) is 4.14. The summed E-state index contributed by atoms with van der Waals surface area (Å²) in [7, 11) is 0. The van der Waals surface area contributed by atoms with E-state index < -0.39 is 5.60 Å². The van der Waals surface area contributed by atoms with Gasteiger partial charge in [0.05, 0.1) is 0 Å². The Bertz CT molecular complexity index is 368. The summed E-state index contributed by atoms with van der Waals surface area (Å²) in [6.45, 7) is 7.22. The number of ether oxygens (including phenoxy) is 2. The van der Waals surface area contributed by atoms with Gasteiger partial charge in [-0.2, -0.15) is 0 Å². The molecule has 0 spiro atoms. The van der Waals surface area contributed by atoms with Gasteiger partial charge in [0.1, 0.15) is 12.2 Å². The molecule has 1 aliphatic rings. The Hall–Kier alpha value is -1.52. The van der Waals surface area contributed by atoms with Crippen LogP contribution in [0.5, 0.6) is 0 Å². The van der Waals surface area contributed by atoms with Gasteiger partial charge in [0, 0.05) is 13.0 Å². The van der Waals surface area contributed by atoms with Crippen LogP contribution < -0.4 is 5.32 Å². The molecule has 108 valence electrons. The summed E-state index contributed by atoms with van der Waals surface area (Å²) < 4.78 is 10.1. The van der Waals surface area contributed by atoms with Crippen molar-refractivity contribution in [1.82, 2.24) is 5.32 Å². The Morgan fingerprint density at radius 1 is 1.42 bits per heavy atom. The summed E-state index contributed by atoms with van der Waals surface area (Å²) in [5, 5.41) is 2.85. The van der Waals surface area contributed by atoms with Crippen LogP contribution in [-0.2, 0) is 14.3 Å². The summed E-state index contributed by atoms with van der Waals surface area (Å²) in [5.74, 6) is -0.279. The molecule has 19 heavy (non-hydrogen) atoms. The van der Waals surface area contributed by atoms with Crippen molar-refractivity contribution in [3.05, 3.63) is 11.6 Å². The summed E-state index contributed by atoms with van der Waals surface area (Å²) in [6, 6.07) is 0.110. The van der Waals surface area contributed by atoms with Crippen molar-refractivity contribution in [3.8, 4) is 0 Å². The minimum absolute atomic E-state index is 0.110. The van der Waals surface area contributed by atoms with Gasteiger partial charge in [-0.05, 0) is 46.1 Å². The number of esters is 1. The van der Waals surface area contributed by atoms with E-state index in [9.17, 15) is 9.59 Å². The molecule has 0 aromatic heterocycles. The maximum atomic E-state index is 11.6. The quantitative estimate of drug-likeness (QED) is 0.631. The molecule has 1 fully saturated rings. The van der Waals surface area contributed by atoms with Crippen molar-refractivity contribution < 1.29 is 19.1 Å². The lowest BCUT2D eigenvalue weighted by Crippen LogP contribution is -2.37. The van der Waals surface area contributed by atoms with Crippen molar-refractivity contribution in [2.45, 2.75) is 58.6 Å². The van der Waals surface area contributed by atoms with E-state index in [-0.39, 0.29) is 18.1 Å². The highest BCUT2D eigenvalue weighted by Gasteiger charge is 2.23. The first-order valence-corrected chi connectivity index (χ1v) is 6.57. The van der Waals surface area contributed by atoms with Gasteiger partial charge in [-0.1, -0.05) is 5.57 Å². The fraction of sp³-hybridized carbons (Fsp3) is 0.714. The third kappa shape index (κ3) is 6.84. The van der Waals surface area contributed by atoms with Crippen LogP contribution in [0.25, 0.3) is 0 Å². The van der Waals surface area contributed by atoms with Crippen LogP contribution in [0.2, 0.25) is 0 Å². The Balaban J connectivity index is 2.32. The third-order valence-electron chi connectivity index (χ3n) is 2.70. The smallest absolute Gasteiger partial charge is 0.407 e. The molecule has 1 aliphatic carbocycles. The number of carbonyl (C=O) groups excluding carboxylic acids is 2. The van der Waals surface area contributed by atoms with Gasteiger partial charge in [-0.15, -0.1) is 0 Å². The van der Waals surface area contributed by atoms with Gasteiger partial charge < -0.3 is 14.8 Å². The number of carbonyl (C=O) groups is 2. The van der Waals surface area contributed by atoms with Crippen LogP contribution in [0.1, 0.15) is 47.0 Å². The van der Waals surface area contributed by atoms with Crippen molar-refractivity contribution in [2.75, 3.05) is 6.61 Å². The molecule has 1 atom stereocenters. The second-order valence-corrected chi connectivity index (χ2v) is 5.75. The average Bonchev–Trinajstić information content (AvgIpc) is 2.61. The normalized spacial score (nSPS) is 21.3. The number of hydrogen-bond acceptors (Lipinski definition) is 4. The minimum Gasteiger partial charge on any atom is -0.462 e. The van der Waals surface area contributed by atoms with E-state index in [1.54, 1.807) is 0 Å². The van der Waals surface area contributed by atoms with Crippen LogP contribution in [0, 0.1) is 0 Å². The standard InChI is InChI=1S/C14H23NO4/c1-10(16)18-8-7-11-5-6-12(9-11)15-13(17)19-14(2,3)4/h7,12H,5-6,8-9H2,1-4H3,(H,15,17)/b11-7+. The molecule has 0 radical (unpaired) electrons. The van der Waals surface area contributed by atoms with Gasteiger partial charge in [-0.3, -0.25) is 4.79 Å². The van der Waals surface area contributed by atoms with Crippen LogP contribution in [0.3, 0.4) is 0 Å². The number of amides is 1. The number of hydrogen-bond donors (Lipinski definition) is 1. The van der Waals surface area contributed by atoms with Crippen molar-refractivity contribution in [3.63, 3.8) is 0 Å². The van der Waals surface area contributed by atoms with E-state index in [2.05, 4.69) is 5.32 Å². The maximum absolute atomic E-state index is 11.6. The summed E-state index contributed by atoms with van der Waals surface area (Å²) >= 11 is 0. The summed E-state index contributed by atoms with van der Waals surface area (Å²) in [5.41, 5.74) is 0.735. The molecule has 0 heterocycles. The van der Waals surface area contributed by atoms with Gasteiger partial charge >= 0.3 is 12.1 Å². The van der Waals surface area contributed by atoms with Crippen molar-refractivity contribution >= 4 is 12.1 Å². The molecule has 0 aromatic rings. The predicted molar refractivity (Wildman–Crippen MR) is 71.7 cm³/mol. The van der Waals surface area contributed by atoms with Gasteiger partial charge in [0.2, 0.25) is 0 Å². The first-order chi connectivity index (χ1) is 8.76. The Labute approximate surface area is 114 Å². The summed E-state index contributed by atoms with van der Waals surface area (Å²) in [4.78, 5) is 22.2. The fourth-order valence-corrected chi connectivity index (χ4v) is 1.94. The molecule has 5 nitrogen and oxygen atoms in total. The van der Waals surface area contributed by atoms with E-state index in [1.165, 1.54) is 12.5 Å². The third-order valence-corrected chi connectivity index (χ3v) is 2.70. The number of alkyl carbamates (subject to hydrolysis) is 1. The largest absolute Gasteiger partial charge is 0.462 e. The first kappa shape index (κ1) is 15.5. The Morgan fingerprint density at radius 2 is 2.11 bits per heavy atom. The molecule has 0 aliphatic heterocycles. The number of nitrogens with one attached hydrogen (secondary N) is 1. The molecule has 1 unspecified atom stereocenters. The van der Waals surface area contributed by atoms with Gasteiger partial charge in [-0.25, -0.2) is 4.79 Å². The lowest BCUT2D eigenvalue weighted by molar-refractivity contribution is -0.139. The van der Waals surface area contributed by atoms with E-state index >= 15 is 0 Å². The number of rotatable bonds is 3. The van der Waals surface area contributed by atoms with Gasteiger partial charge in [0.15, 0.2) is 0 Å². The molecule has 1 N–H and O–H groups in total. The van der Waals surface area contributed by atoms with E-state index in [0.29, 0.717) is 6.61 Å². The van der Waals surface area contributed by atoms with Crippen molar-refractivity contribution in [2.24, 2.45) is 0 Å². The molecular formula is C14H23NO4. The highest BCUT2D eigenvalue weighted by Crippen LogP contribution is 2.24. The molecule has 0 saturated heterocycles. The molecule has 0 aromatic carbocycles. The van der Waals surface area contributed by atoms with Crippen LogP contribution in [0.4, 0.5) is 4.79 Å². The Morgan fingerprint density at radius 3 is 2.68 bits per heavy atom. The highest BCUT2D eigenvalue weighted by atomic mass is 16.6. The molecule has 1 rings (SSSR count). The second-order valence-electron chi connectivity index (χ2n) is 5.75. The van der Waals surface area contributed by atoms with Crippen LogP contribution >= 0.6 is 0 Å². The van der Waals surface area contributed by atoms with E-state index in [4.69, 9.17) is 9.47 Å². The molecule has 1 saturated carbocycles. The zero-order valence-corrected chi connectivity index (χ0v) is 12.1. The monoisotopic (exact) mass is 269 g/mol. The molecule has 0 bridgehead atoms. The van der Waals surface area contributed by atoms with Crippen LogP contribution in [-0.4, -0.2) is 30.3 Å². The van der Waals surface area contributed by atoms with Crippen molar-refractivity contribution in [1.29, 1.82) is 0 Å². The lowest BCUT2D eigenvalue weighted by Gasteiger charge is -2.21. The molecular weight excluding hydrogens is 246 g/mol. The first-order valence-electron chi connectivity index (χ1n) is 6.57. The maximum Gasteiger partial charge on any atom is 0.407 e. The zero-order valence-electron chi connectivity index (χ0n) is 12.1. The predicted octanol–water partition coefficient (Wildman–Crippen LogP) is 2.55. The van der Waals surface area contributed by atoms with E-state index in [0.717, 1.165) is 19.3 Å². The fourth-order valence-electron chi connectivity index (χ4n) is 1.94. The van der Waals surface area contributed by atoms with E-state index in [1.807, 2.05) is 26.8 Å². The topological polar surface area (TPSA) is 64.6 Å². The molecule has 1 amide bonds.